The van der Waals surface area contributed by atoms with Gasteiger partial charge in [0.05, 0.1) is 6.04 Å². The zero-order chi connectivity index (χ0) is 12.2. The van der Waals surface area contributed by atoms with Gasteiger partial charge in [-0.15, -0.1) is 11.3 Å². The molecule has 1 aromatic rings. The predicted octanol–water partition coefficient (Wildman–Crippen LogP) is 3.44. The van der Waals surface area contributed by atoms with Crippen LogP contribution in [0.5, 0.6) is 0 Å². The summed E-state index contributed by atoms with van der Waals surface area (Å²) in [5, 5.41) is 5.89. The Bertz CT molecular complexity index is 322. The minimum atomic E-state index is -4.05. The van der Waals surface area contributed by atoms with E-state index in [1.54, 1.807) is 0 Å². The molecule has 0 radical (unpaired) electrons. The van der Waals surface area contributed by atoms with Crippen molar-refractivity contribution < 1.29 is 13.2 Å². The Hall–Kier alpha value is -0.620. The largest absolute Gasteiger partial charge is 0.389 e. The molecule has 0 aliphatic rings. The van der Waals surface area contributed by atoms with E-state index in [1.165, 1.54) is 11.3 Å². The van der Waals surface area contributed by atoms with Gasteiger partial charge in [-0.05, 0) is 26.8 Å². The van der Waals surface area contributed by atoms with E-state index in [2.05, 4.69) is 10.3 Å². The number of hydrogen-bond donors (Lipinski definition) is 1. The van der Waals surface area contributed by atoms with Gasteiger partial charge in [-0.3, -0.25) is 0 Å². The third kappa shape index (κ3) is 4.94. The summed E-state index contributed by atoms with van der Waals surface area (Å²) >= 11 is 1.53. The summed E-state index contributed by atoms with van der Waals surface area (Å²) < 4.78 is 35.6. The number of halogens is 3. The average Bonchev–Trinajstić information content (AvgIpc) is 2.57. The lowest BCUT2D eigenvalue weighted by molar-refractivity contribution is -0.135. The van der Waals surface area contributed by atoms with Gasteiger partial charge < -0.3 is 5.32 Å². The molecule has 0 aliphatic carbocycles. The standard InChI is InChI=1S/C10H15F3N2S/c1-7-6-16-9(15-7)8(2)14-5-3-4-10(11,12)13/h6,8,14H,3-5H2,1-2H3. The normalized spacial score (nSPS) is 14.1. The van der Waals surface area contributed by atoms with Crippen LogP contribution in [-0.4, -0.2) is 17.7 Å². The fourth-order valence-electron chi connectivity index (χ4n) is 1.27. The van der Waals surface area contributed by atoms with E-state index in [9.17, 15) is 13.2 Å². The highest BCUT2D eigenvalue weighted by Gasteiger charge is 2.25. The number of rotatable bonds is 5. The molecule has 1 rings (SSSR count). The molecule has 0 saturated carbocycles. The zero-order valence-corrected chi connectivity index (χ0v) is 10.1. The second-order valence-electron chi connectivity index (χ2n) is 3.72. The van der Waals surface area contributed by atoms with Gasteiger partial charge in [0.2, 0.25) is 0 Å². The number of aryl methyl sites for hydroxylation is 1. The molecule has 0 aliphatic heterocycles. The Morgan fingerprint density at radius 1 is 1.50 bits per heavy atom. The van der Waals surface area contributed by atoms with Crippen molar-refractivity contribution in [2.24, 2.45) is 0 Å². The lowest BCUT2D eigenvalue weighted by atomic mass is 10.3. The zero-order valence-electron chi connectivity index (χ0n) is 9.27. The van der Waals surface area contributed by atoms with Crippen LogP contribution in [0.15, 0.2) is 5.38 Å². The topological polar surface area (TPSA) is 24.9 Å². The van der Waals surface area contributed by atoms with Crippen molar-refractivity contribution in [1.82, 2.24) is 10.3 Å². The smallest absolute Gasteiger partial charge is 0.308 e. The molecular weight excluding hydrogens is 237 g/mol. The molecule has 1 atom stereocenters. The Labute approximate surface area is 96.9 Å². The number of hydrogen-bond acceptors (Lipinski definition) is 3. The van der Waals surface area contributed by atoms with Gasteiger partial charge in [-0.2, -0.15) is 13.2 Å². The van der Waals surface area contributed by atoms with Crippen molar-refractivity contribution in [1.29, 1.82) is 0 Å². The van der Waals surface area contributed by atoms with Gasteiger partial charge in [-0.1, -0.05) is 0 Å². The van der Waals surface area contributed by atoms with Gasteiger partial charge in [0.25, 0.3) is 0 Å². The van der Waals surface area contributed by atoms with E-state index in [-0.39, 0.29) is 12.5 Å². The Morgan fingerprint density at radius 3 is 2.69 bits per heavy atom. The van der Waals surface area contributed by atoms with Crippen LogP contribution in [0.4, 0.5) is 13.2 Å². The van der Waals surface area contributed by atoms with Crippen LogP contribution in [0, 0.1) is 6.92 Å². The number of alkyl halides is 3. The van der Waals surface area contributed by atoms with Crippen LogP contribution in [0.3, 0.4) is 0 Å². The van der Waals surface area contributed by atoms with E-state index in [0.717, 1.165) is 10.7 Å². The molecule has 1 aromatic heterocycles. The van der Waals surface area contributed by atoms with Crippen LogP contribution in [-0.2, 0) is 0 Å². The third-order valence-corrected chi connectivity index (χ3v) is 3.24. The summed E-state index contributed by atoms with van der Waals surface area (Å²) in [6.45, 7) is 4.17. The SMILES string of the molecule is Cc1csc(C(C)NCCCC(F)(F)F)n1. The molecular formula is C10H15F3N2S. The number of thiazole rings is 1. The second kappa shape index (κ2) is 5.63. The molecule has 0 aromatic carbocycles. The van der Waals surface area contributed by atoms with Crippen LogP contribution >= 0.6 is 11.3 Å². The van der Waals surface area contributed by atoms with Gasteiger partial charge in [0, 0.05) is 17.5 Å². The fraction of sp³-hybridized carbons (Fsp3) is 0.700. The maximum Gasteiger partial charge on any atom is 0.389 e. The van der Waals surface area contributed by atoms with Gasteiger partial charge in [0.15, 0.2) is 0 Å². The summed E-state index contributed by atoms with van der Waals surface area (Å²) in [6, 6.07) is 0.0203. The molecule has 16 heavy (non-hydrogen) atoms. The first-order chi connectivity index (χ1) is 7.38. The summed E-state index contributed by atoms with van der Waals surface area (Å²) in [7, 11) is 0. The summed E-state index contributed by atoms with van der Waals surface area (Å²) in [5.74, 6) is 0. The lowest BCUT2D eigenvalue weighted by Crippen LogP contribution is -2.21. The highest BCUT2D eigenvalue weighted by atomic mass is 32.1. The highest BCUT2D eigenvalue weighted by molar-refractivity contribution is 7.09. The monoisotopic (exact) mass is 252 g/mol. The van der Waals surface area contributed by atoms with E-state index in [0.29, 0.717) is 6.54 Å². The maximum atomic E-state index is 11.9. The van der Waals surface area contributed by atoms with E-state index >= 15 is 0 Å². The quantitative estimate of drug-likeness (QED) is 0.812. The lowest BCUT2D eigenvalue weighted by Gasteiger charge is -2.11. The molecule has 0 bridgehead atoms. The fourth-order valence-corrected chi connectivity index (χ4v) is 2.09. The van der Waals surface area contributed by atoms with Crippen LogP contribution in [0.1, 0.15) is 36.5 Å². The molecule has 0 fully saturated rings. The van der Waals surface area contributed by atoms with Gasteiger partial charge in [0.1, 0.15) is 5.01 Å². The summed E-state index contributed by atoms with van der Waals surface area (Å²) in [6.07, 6.45) is -4.68. The number of nitrogens with one attached hydrogen (secondary N) is 1. The predicted molar refractivity (Wildman–Crippen MR) is 58.6 cm³/mol. The molecule has 1 unspecified atom stereocenters. The first-order valence-corrected chi connectivity index (χ1v) is 5.98. The third-order valence-electron chi connectivity index (χ3n) is 2.09. The highest BCUT2D eigenvalue weighted by Crippen LogP contribution is 2.21. The first-order valence-electron chi connectivity index (χ1n) is 5.10. The first kappa shape index (κ1) is 13.4. The van der Waals surface area contributed by atoms with E-state index in [1.807, 2.05) is 19.2 Å². The van der Waals surface area contributed by atoms with Crippen molar-refractivity contribution in [3.63, 3.8) is 0 Å². The van der Waals surface area contributed by atoms with Crippen molar-refractivity contribution in [3.8, 4) is 0 Å². The molecule has 1 N–H and O–H groups in total. The molecule has 0 spiro atoms. The van der Waals surface area contributed by atoms with Crippen LogP contribution < -0.4 is 5.32 Å². The maximum absolute atomic E-state index is 11.9. The number of nitrogens with zero attached hydrogens (tertiary/aromatic N) is 1. The van der Waals surface area contributed by atoms with Crippen molar-refractivity contribution >= 4 is 11.3 Å². The van der Waals surface area contributed by atoms with E-state index < -0.39 is 12.6 Å². The molecule has 92 valence electrons. The van der Waals surface area contributed by atoms with Crippen LogP contribution in [0.25, 0.3) is 0 Å². The van der Waals surface area contributed by atoms with Gasteiger partial charge in [-0.25, -0.2) is 4.98 Å². The number of aromatic nitrogens is 1. The summed E-state index contributed by atoms with van der Waals surface area (Å²) in [4.78, 5) is 4.27. The van der Waals surface area contributed by atoms with Crippen LogP contribution in [0.2, 0.25) is 0 Å². The molecule has 2 nitrogen and oxygen atoms in total. The molecule has 1 heterocycles. The minimum Gasteiger partial charge on any atom is -0.308 e. The van der Waals surface area contributed by atoms with Crippen molar-refractivity contribution in [2.75, 3.05) is 6.54 Å². The minimum absolute atomic E-state index is 0.0203. The Balaban J connectivity index is 2.23. The van der Waals surface area contributed by atoms with Crippen molar-refractivity contribution in [2.45, 2.75) is 38.9 Å². The molecule has 0 amide bonds. The molecule has 0 saturated heterocycles. The molecule has 6 heteroatoms. The van der Waals surface area contributed by atoms with E-state index in [4.69, 9.17) is 0 Å². The Kier molecular flexibility index (Phi) is 4.73. The summed E-state index contributed by atoms with van der Waals surface area (Å²) in [5.41, 5.74) is 0.948. The van der Waals surface area contributed by atoms with Gasteiger partial charge >= 0.3 is 6.18 Å². The Morgan fingerprint density at radius 2 is 2.19 bits per heavy atom. The second-order valence-corrected chi connectivity index (χ2v) is 4.61. The average molecular weight is 252 g/mol. The van der Waals surface area contributed by atoms with Crippen molar-refractivity contribution in [3.05, 3.63) is 16.1 Å².